The van der Waals surface area contributed by atoms with Crippen LogP contribution in [0.3, 0.4) is 0 Å². The van der Waals surface area contributed by atoms with E-state index in [0.29, 0.717) is 0 Å². The van der Waals surface area contributed by atoms with Crippen molar-refractivity contribution >= 4 is 15.9 Å². The average Bonchev–Trinajstić information content (AvgIpc) is 2.53. The average molecular weight is 298 g/mol. The molecule has 1 aromatic heterocycles. The van der Waals surface area contributed by atoms with Gasteiger partial charge in [-0.2, -0.15) is 0 Å². The van der Waals surface area contributed by atoms with Crippen LogP contribution in [0.1, 0.15) is 44.0 Å². The number of hydrogen-bond acceptors (Lipinski definition) is 2. The second kappa shape index (κ2) is 4.73. The summed E-state index contributed by atoms with van der Waals surface area (Å²) in [4.78, 5) is 4.67. The molecule has 2 aliphatic rings. The fourth-order valence-electron chi connectivity index (χ4n) is 2.74. The van der Waals surface area contributed by atoms with Crippen LogP contribution >= 0.6 is 15.9 Å². The van der Waals surface area contributed by atoms with Crippen molar-refractivity contribution in [2.24, 2.45) is 5.92 Å². The highest BCUT2D eigenvalue weighted by Crippen LogP contribution is 2.27. The smallest absolute Gasteiger partial charge is 0.177 e. The van der Waals surface area contributed by atoms with Gasteiger partial charge in [0.25, 0.3) is 0 Å². The predicted octanol–water partition coefficient (Wildman–Crippen LogP) is 2.87. The maximum absolute atomic E-state index is 4.67. The van der Waals surface area contributed by atoms with Crippen LogP contribution in [0.4, 0.5) is 0 Å². The van der Waals surface area contributed by atoms with E-state index in [1.807, 2.05) is 0 Å². The minimum atomic E-state index is 0.743. The molecule has 3 rings (SSSR count). The van der Waals surface area contributed by atoms with Crippen molar-refractivity contribution in [3.63, 3.8) is 0 Å². The highest BCUT2D eigenvalue weighted by atomic mass is 79.9. The Balaban J connectivity index is 1.74. The molecule has 0 saturated heterocycles. The van der Waals surface area contributed by atoms with Crippen LogP contribution in [0.25, 0.3) is 0 Å². The molecule has 17 heavy (non-hydrogen) atoms. The monoisotopic (exact) mass is 297 g/mol. The van der Waals surface area contributed by atoms with Gasteiger partial charge in [-0.25, -0.2) is 4.98 Å². The highest BCUT2D eigenvalue weighted by Gasteiger charge is 2.23. The molecule has 3 nitrogen and oxygen atoms in total. The summed E-state index contributed by atoms with van der Waals surface area (Å²) in [5, 5.41) is 3.62. The van der Waals surface area contributed by atoms with Crippen molar-refractivity contribution in [1.29, 1.82) is 0 Å². The zero-order valence-electron chi connectivity index (χ0n) is 10.4. The van der Waals surface area contributed by atoms with Crippen LogP contribution in [0.2, 0.25) is 0 Å². The number of nitrogens with one attached hydrogen (secondary N) is 1. The third-order valence-corrected chi connectivity index (χ3v) is 4.76. The molecule has 0 bridgehead atoms. The van der Waals surface area contributed by atoms with E-state index < -0.39 is 0 Å². The summed E-state index contributed by atoms with van der Waals surface area (Å²) in [7, 11) is 0. The topological polar surface area (TPSA) is 29.9 Å². The quantitative estimate of drug-likeness (QED) is 0.930. The third kappa shape index (κ3) is 2.29. The van der Waals surface area contributed by atoms with Gasteiger partial charge in [0.2, 0.25) is 0 Å². The SMILES string of the molecule is CC1CCn2c(Br)nc(CNC3CCC3)c2C1. The van der Waals surface area contributed by atoms with Crippen molar-refractivity contribution < 1.29 is 0 Å². The largest absolute Gasteiger partial charge is 0.322 e. The van der Waals surface area contributed by atoms with E-state index in [9.17, 15) is 0 Å². The van der Waals surface area contributed by atoms with Gasteiger partial charge in [-0.1, -0.05) is 13.3 Å². The summed E-state index contributed by atoms with van der Waals surface area (Å²) in [6.45, 7) is 4.40. The fourth-order valence-corrected chi connectivity index (χ4v) is 3.34. The molecule has 1 aliphatic carbocycles. The summed E-state index contributed by atoms with van der Waals surface area (Å²) in [5.41, 5.74) is 2.71. The van der Waals surface area contributed by atoms with Gasteiger partial charge in [0.05, 0.1) is 5.69 Å². The first-order chi connectivity index (χ1) is 8.24. The highest BCUT2D eigenvalue weighted by molar-refractivity contribution is 9.10. The minimum absolute atomic E-state index is 0.743. The molecule has 0 spiro atoms. The van der Waals surface area contributed by atoms with E-state index in [2.05, 4.69) is 37.7 Å². The molecular formula is C13H20BrN3. The number of hydrogen-bond donors (Lipinski definition) is 1. The second-order valence-electron chi connectivity index (χ2n) is 5.53. The summed E-state index contributed by atoms with van der Waals surface area (Å²) in [5.74, 6) is 0.800. The standard InChI is InChI=1S/C13H20BrN3/c1-9-5-6-17-12(7-9)11(16-13(17)14)8-15-10-3-2-4-10/h9-10,15H,2-8H2,1H3. The maximum atomic E-state index is 4.67. The molecule has 94 valence electrons. The summed E-state index contributed by atoms with van der Waals surface area (Å²) >= 11 is 3.58. The Morgan fingerprint density at radius 3 is 2.94 bits per heavy atom. The van der Waals surface area contributed by atoms with Gasteiger partial charge in [0, 0.05) is 24.8 Å². The number of aromatic nitrogens is 2. The molecule has 1 N–H and O–H groups in total. The van der Waals surface area contributed by atoms with Gasteiger partial charge >= 0.3 is 0 Å². The van der Waals surface area contributed by atoms with Crippen LogP contribution < -0.4 is 5.32 Å². The molecular weight excluding hydrogens is 278 g/mol. The normalized spacial score (nSPS) is 24.5. The molecule has 1 unspecified atom stereocenters. The van der Waals surface area contributed by atoms with E-state index >= 15 is 0 Å². The van der Waals surface area contributed by atoms with E-state index in [1.54, 1.807) is 0 Å². The molecule has 1 saturated carbocycles. The molecule has 1 fully saturated rings. The van der Waals surface area contributed by atoms with Crippen molar-refractivity contribution in [2.45, 2.75) is 58.2 Å². The molecule has 1 aromatic rings. The van der Waals surface area contributed by atoms with Crippen LogP contribution in [0.5, 0.6) is 0 Å². The van der Waals surface area contributed by atoms with Gasteiger partial charge in [-0.15, -0.1) is 0 Å². The molecule has 1 atom stereocenters. The first-order valence-electron chi connectivity index (χ1n) is 6.71. The van der Waals surface area contributed by atoms with E-state index in [1.165, 1.54) is 43.5 Å². The molecule has 1 aliphatic heterocycles. The van der Waals surface area contributed by atoms with Crippen molar-refractivity contribution in [2.75, 3.05) is 0 Å². The first kappa shape index (κ1) is 11.7. The number of fused-ring (bicyclic) bond motifs is 1. The zero-order chi connectivity index (χ0) is 11.8. The molecule has 0 radical (unpaired) electrons. The van der Waals surface area contributed by atoms with Crippen molar-refractivity contribution in [3.05, 3.63) is 16.1 Å². The lowest BCUT2D eigenvalue weighted by Gasteiger charge is -2.27. The summed E-state index contributed by atoms with van der Waals surface area (Å²) in [6, 6.07) is 0.743. The second-order valence-corrected chi connectivity index (χ2v) is 6.24. The van der Waals surface area contributed by atoms with Crippen LogP contribution in [-0.2, 0) is 19.5 Å². The van der Waals surface area contributed by atoms with Crippen molar-refractivity contribution in [3.8, 4) is 0 Å². The molecule has 2 heterocycles. The summed E-state index contributed by atoms with van der Waals surface area (Å²) in [6.07, 6.45) is 6.53. The van der Waals surface area contributed by atoms with Gasteiger partial charge in [-0.05, 0) is 47.5 Å². The van der Waals surface area contributed by atoms with Crippen molar-refractivity contribution in [1.82, 2.24) is 14.9 Å². The molecule has 4 heteroatoms. The maximum Gasteiger partial charge on any atom is 0.177 e. The number of nitrogens with zero attached hydrogens (tertiary/aromatic N) is 2. The van der Waals surface area contributed by atoms with Crippen LogP contribution in [0, 0.1) is 5.92 Å². The number of imidazole rings is 1. The summed E-state index contributed by atoms with van der Waals surface area (Å²) < 4.78 is 3.36. The van der Waals surface area contributed by atoms with Gasteiger partial charge in [-0.3, -0.25) is 0 Å². The van der Waals surface area contributed by atoms with Gasteiger partial charge < -0.3 is 9.88 Å². The zero-order valence-corrected chi connectivity index (χ0v) is 12.0. The Bertz CT molecular complexity index is 409. The Morgan fingerprint density at radius 1 is 1.41 bits per heavy atom. The number of rotatable bonds is 3. The van der Waals surface area contributed by atoms with Gasteiger partial charge in [0.15, 0.2) is 4.73 Å². The lowest BCUT2D eigenvalue weighted by molar-refractivity contribution is 0.335. The van der Waals surface area contributed by atoms with Gasteiger partial charge in [0.1, 0.15) is 0 Å². The fraction of sp³-hybridized carbons (Fsp3) is 0.769. The Morgan fingerprint density at radius 2 is 2.24 bits per heavy atom. The van der Waals surface area contributed by atoms with Crippen LogP contribution in [-0.4, -0.2) is 15.6 Å². The lowest BCUT2D eigenvalue weighted by Crippen LogP contribution is -2.35. The number of halogens is 1. The molecule has 0 amide bonds. The Labute approximate surface area is 111 Å². The Kier molecular flexibility index (Phi) is 3.26. The van der Waals surface area contributed by atoms with E-state index in [4.69, 9.17) is 0 Å². The first-order valence-corrected chi connectivity index (χ1v) is 7.50. The molecule has 0 aromatic carbocycles. The Hall–Kier alpha value is -0.350. The lowest BCUT2D eigenvalue weighted by atomic mass is 9.93. The van der Waals surface area contributed by atoms with Crippen LogP contribution in [0.15, 0.2) is 4.73 Å². The van der Waals surface area contributed by atoms with E-state index in [-0.39, 0.29) is 0 Å². The predicted molar refractivity (Wildman–Crippen MR) is 71.9 cm³/mol. The minimum Gasteiger partial charge on any atom is -0.322 e. The third-order valence-electron chi connectivity index (χ3n) is 4.16. The van der Waals surface area contributed by atoms with E-state index in [0.717, 1.165) is 29.8 Å².